The van der Waals surface area contributed by atoms with Crippen LogP contribution in [-0.2, 0) is 37.4 Å². The number of carbonyl (C=O) groups is 2. The van der Waals surface area contributed by atoms with E-state index in [1.165, 1.54) is 0 Å². The lowest BCUT2D eigenvalue weighted by Gasteiger charge is -2.18. The summed E-state index contributed by atoms with van der Waals surface area (Å²) >= 11 is 0. The molecule has 0 saturated carbocycles. The number of carbonyl (C=O) groups excluding carboxylic acids is 2. The van der Waals surface area contributed by atoms with Crippen LogP contribution in [0, 0.1) is 0 Å². The van der Waals surface area contributed by atoms with Gasteiger partial charge in [0.2, 0.25) is 7.76 Å². The molecule has 8 heteroatoms. The average molecular weight is 357 g/mol. The van der Waals surface area contributed by atoms with Gasteiger partial charge < -0.3 is 19.3 Å². The topological polar surface area (TPSA) is 90.9 Å². The molecule has 25 heavy (non-hydrogen) atoms. The van der Waals surface area contributed by atoms with Gasteiger partial charge in [-0.25, -0.2) is 9.13 Å². The Balaban J connectivity index is 1.68. The van der Waals surface area contributed by atoms with Crippen molar-refractivity contribution in [3.05, 3.63) is 18.7 Å². The van der Waals surface area contributed by atoms with Gasteiger partial charge in [0.25, 0.3) is 0 Å². The van der Waals surface area contributed by atoms with E-state index in [0.717, 1.165) is 0 Å². The van der Waals surface area contributed by atoms with Gasteiger partial charge in [0.15, 0.2) is 0 Å². The molecule has 0 bridgehead atoms. The zero-order valence-corrected chi connectivity index (χ0v) is 14.8. The van der Waals surface area contributed by atoms with Crippen molar-refractivity contribution in [2.24, 2.45) is 7.05 Å². The first-order valence-electron chi connectivity index (χ1n) is 8.98. The number of nitrogens with zero attached hydrogens (tertiary/aromatic N) is 2. The lowest BCUT2D eigenvalue weighted by Crippen LogP contribution is -2.28. The minimum atomic E-state index is -0.605. The van der Waals surface area contributed by atoms with Crippen LogP contribution in [0.25, 0.3) is 0 Å². The van der Waals surface area contributed by atoms with Crippen molar-refractivity contribution in [2.75, 3.05) is 13.2 Å². The molecule has 1 fully saturated rings. The molecule has 0 unspecified atom stereocenters. The fourth-order valence-electron chi connectivity index (χ4n) is 2.86. The number of rotatable bonds is 10. The number of aliphatic hydroxyl groups excluding tert-OH is 1. The van der Waals surface area contributed by atoms with Crippen molar-refractivity contribution in [1.82, 2.24) is 4.57 Å². The third-order valence-corrected chi connectivity index (χ3v) is 4.03. The lowest BCUT2D eigenvalue weighted by molar-refractivity contribution is -0.671. The molecular weight excluding hydrogens is 328 g/mol. The molecule has 0 radical (unpaired) electrons. The monoisotopic (exact) mass is 357 g/mol. The molecule has 1 aromatic rings. The van der Waals surface area contributed by atoms with Crippen molar-refractivity contribution in [1.29, 1.82) is 1.43 Å². The van der Waals surface area contributed by atoms with Crippen LogP contribution in [0.2, 0.25) is 0 Å². The summed E-state index contributed by atoms with van der Waals surface area (Å²) in [6.45, 7) is 2.94. The SMILES string of the molecule is [3H]OCCC[C@H]1O[C@@H](C)C[C@H]1OC(=O)CC(=O)OCCn1cc[n+](C)c1. The Labute approximate surface area is 148 Å². The molecule has 3 atom stereocenters. The predicted molar refractivity (Wildman–Crippen MR) is 86.3 cm³/mol. The van der Waals surface area contributed by atoms with Gasteiger partial charge in [0.1, 0.15) is 38.1 Å². The second-order valence-corrected chi connectivity index (χ2v) is 6.31. The van der Waals surface area contributed by atoms with Gasteiger partial charge in [-0.05, 0) is 19.8 Å². The maximum atomic E-state index is 12.0. The number of imidazole rings is 1. The Morgan fingerprint density at radius 3 is 3.04 bits per heavy atom. The third kappa shape index (κ3) is 6.47. The van der Waals surface area contributed by atoms with Gasteiger partial charge in [-0.15, -0.1) is 0 Å². The number of esters is 2. The van der Waals surface area contributed by atoms with E-state index in [1.807, 2.05) is 41.8 Å². The smallest absolute Gasteiger partial charge is 0.317 e. The summed E-state index contributed by atoms with van der Waals surface area (Å²) in [6, 6.07) is 0. The number of aliphatic hydroxyl groups is 1. The molecule has 0 spiro atoms. The zero-order chi connectivity index (χ0) is 18.9. The van der Waals surface area contributed by atoms with E-state index in [1.54, 1.807) is 0 Å². The van der Waals surface area contributed by atoms with Crippen LogP contribution in [0.15, 0.2) is 18.7 Å². The first-order chi connectivity index (χ1) is 12.5. The van der Waals surface area contributed by atoms with Crippen molar-refractivity contribution >= 4 is 11.9 Å². The largest absolute Gasteiger partial charge is 0.461 e. The third-order valence-electron chi connectivity index (χ3n) is 4.03. The molecule has 0 aliphatic carbocycles. The highest BCUT2D eigenvalue weighted by molar-refractivity contribution is 5.91. The number of hydrogen-bond acceptors (Lipinski definition) is 6. The normalized spacial score (nSPS) is 23.3. The Morgan fingerprint density at radius 2 is 2.32 bits per heavy atom. The molecule has 2 heterocycles. The Hall–Kier alpha value is -1.93. The summed E-state index contributed by atoms with van der Waals surface area (Å²) in [5.74, 6) is -1.20. The van der Waals surface area contributed by atoms with E-state index in [-0.39, 0.29) is 24.9 Å². The summed E-state index contributed by atoms with van der Waals surface area (Å²) in [7, 11) is 1.90. The molecular formula is C17H27N2O6+. The number of aryl methyl sites for hydroxylation is 1. The molecule has 2 rings (SSSR count). The predicted octanol–water partition coefficient (Wildman–Crippen LogP) is 0.108. The highest BCUT2D eigenvalue weighted by atomic mass is 16.6. The summed E-state index contributed by atoms with van der Waals surface area (Å²) < 4.78 is 26.7. The minimum Gasteiger partial charge on any atom is -0.461 e. The summed E-state index contributed by atoms with van der Waals surface area (Å²) in [4.78, 5) is 23.8. The van der Waals surface area contributed by atoms with E-state index in [0.29, 0.717) is 32.4 Å². The van der Waals surface area contributed by atoms with E-state index in [9.17, 15) is 9.59 Å². The average Bonchev–Trinajstić information content (AvgIpc) is 3.13. The summed E-state index contributed by atoms with van der Waals surface area (Å²) in [6.07, 6.45) is 6.48. The highest BCUT2D eigenvalue weighted by Gasteiger charge is 2.35. The molecule has 0 aromatic carbocycles. The molecule has 1 N–H and O–H groups in total. The molecule has 1 saturated heterocycles. The Morgan fingerprint density at radius 1 is 1.48 bits per heavy atom. The minimum absolute atomic E-state index is 0.00966. The van der Waals surface area contributed by atoms with E-state index >= 15 is 0 Å². The number of ether oxygens (including phenoxy) is 3. The van der Waals surface area contributed by atoms with Crippen molar-refractivity contribution in [2.45, 2.75) is 57.5 Å². The first kappa shape index (κ1) is 17.9. The molecule has 8 nitrogen and oxygen atoms in total. The quantitative estimate of drug-likeness (QED) is 0.277. The van der Waals surface area contributed by atoms with Gasteiger partial charge >= 0.3 is 11.9 Å². The highest BCUT2D eigenvalue weighted by Crippen LogP contribution is 2.26. The molecule has 1 aromatic heterocycles. The Kier molecular flexibility index (Phi) is 6.81. The van der Waals surface area contributed by atoms with Gasteiger partial charge in [0.05, 0.1) is 19.3 Å². The van der Waals surface area contributed by atoms with Crippen molar-refractivity contribution < 1.29 is 33.5 Å². The maximum Gasteiger partial charge on any atom is 0.317 e. The van der Waals surface area contributed by atoms with Crippen LogP contribution in [0.4, 0.5) is 0 Å². The van der Waals surface area contributed by atoms with Crippen molar-refractivity contribution in [3.63, 3.8) is 0 Å². The first-order valence-corrected chi connectivity index (χ1v) is 8.57. The van der Waals surface area contributed by atoms with E-state index < -0.39 is 18.4 Å². The van der Waals surface area contributed by atoms with E-state index in [2.05, 4.69) is 5.11 Å². The van der Waals surface area contributed by atoms with Crippen LogP contribution in [-0.4, -0.2) is 54.6 Å². The fourth-order valence-corrected chi connectivity index (χ4v) is 2.86. The van der Waals surface area contributed by atoms with Crippen molar-refractivity contribution in [3.8, 4) is 0 Å². The van der Waals surface area contributed by atoms with Crippen LogP contribution in [0.3, 0.4) is 0 Å². The fraction of sp³-hybridized carbons (Fsp3) is 0.706. The van der Waals surface area contributed by atoms with Crippen LogP contribution in [0.1, 0.15) is 32.6 Å². The van der Waals surface area contributed by atoms with Crippen LogP contribution >= 0.6 is 0 Å². The van der Waals surface area contributed by atoms with Crippen LogP contribution in [0.5, 0.6) is 0 Å². The molecule has 1 aliphatic heterocycles. The van der Waals surface area contributed by atoms with Crippen LogP contribution < -0.4 is 4.57 Å². The molecule has 140 valence electrons. The zero-order valence-electron chi connectivity index (χ0n) is 15.8. The van der Waals surface area contributed by atoms with Gasteiger partial charge in [-0.3, -0.25) is 9.59 Å². The van der Waals surface area contributed by atoms with E-state index in [4.69, 9.17) is 15.6 Å². The lowest BCUT2D eigenvalue weighted by atomic mass is 10.1. The summed E-state index contributed by atoms with van der Waals surface area (Å²) in [5.41, 5.74) is 0. The second-order valence-electron chi connectivity index (χ2n) is 6.31. The second kappa shape index (κ2) is 9.53. The molecule has 1 aliphatic rings. The van der Waals surface area contributed by atoms with Gasteiger partial charge in [-0.1, -0.05) is 0 Å². The van der Waals surface area contributed by atoms with Gasteiger partial charge in [-0.2, -0.15) is 0 Å². The number of hydrogen-bond donors (Lipinski definition) is 1. The maximum absolute atomic E-state index is 12.0. The Bertz CT molecular complexity index is 594. The molecule has 0 amide bonds. The number of aromatic nitrogens is 2. The summed E-state index contributed by atoms with van der Waals surface area (Å²) in [5, 5.41) is 4.29. The standard InChI is InChI=1S/C17H27N2O6/c1-13-10-15(14(24-13)4-3-8-20)25-17(22)11-16(21)23-9-7-19-6-5-18(2)12-19/h5-6,12-15,20H,3-4,7-11H2,1-2H3/q+1/t13-,14+,15+/m0/s1/i20T. The van der Waals surface area contributed by atoms with Gasteiger partial charge in [0, 0.05) is 13.0 Å².